The van der Waals surface area contributed by atoms with Gasteiger partial charge in [0.1, 0.15) is 0 Å². The largest absolute Gasteiger partial charge is 0.389 e. The Kier molecular flexibility index (Phi) is 3.38. The zero-order chi connectivity index (χ0) is 10.1. The standard InChI is InChI=1S/C10H17ClO2/c1-7(2)10(12)5-8(11)4-9(6-10)13-3/h4,7,9,12H,5-6H2,1-3H3/t9-,10-/m0/s1. The summed E-state index contributed by atoms with van der Waals surface area (Å²) in [6, 6.07) is 0. The fourth-order valence-electron chi connectivity index (χ4n) is 1.62. The molecule has 13 heavy (non-hydrogen) atoms. The van der Waals surface area contributed by atoms with Crippen LogP contribution in [-0.2, 0) is 4.74 Å². The number of aliphatic hydroxyl groups is 1. The third-order valence-electron chi connectivity index (χ3n) is 2.77. The van der Waals surface area contributed by atoms with Crippen LogP contribution in [0, 0.1) is 5.92 Å². The van der Waals surface area contributed by atoms with Crippen LogP contribution in [0.25, 0.3) is 0 Å². The van der Waals surface area contributed by atoms with Crippen LogP contribution < -0.4 is 0 Å². The second-order valence-electron chi connectivity index (χ2n) is 4.03. The van der Waals surface area contributed by atoms with Crippen LogP contribution in [0.15, 0.2) is 11.1 Å². The first-order chi connectivity index (χ1) is 5.98. The minimum Gasteiger partial charge on any atom is -0.389 e. The molecule has 0 saturated heterocycles. The maximum absolute atomic E-state index is 10.2. The molecule has 0 saturated carbocycles. The molecular formula is C10H17ClO2. The normalized spacial score (nSPS) is 34.9. The predicted octanol–water partition coefficient (Wildman–Crippen LogP) is 2.31. The summed E-state index contributed by atoms with van der Waals surface area (Å²) in [4.78, 5) is 0. The molecule has 0 aliphatic heterocycles. The van der Waals surface area contributed by atoms with E-state index in [0.29, 0.717) is 17.9 Å². The van der Waals surface area contributed by atoms with Gasteiger partial charge in [0.15, 0.2) is 0 Å². The van der Waals surface area contributed by atoms with E-state index in [4.69, 9.17) is 16.3 Å². The lowest BCUT2D eigenvalue weighted by molar-refractivity contribution is -0.0500. The Morgan fingerprint density at radius 2 is 2.31 bits per heavy atom. The van der Waals surface area contributed by atoms with Crippen molar-refractivity contribution in [2.45, 2.75) is 38.4 Å². The molecule has 0 bridgehead atoms. The van der Waals surface area contributed by atoms with Crippen LogP contribution in [0.2, 0.25) is 0 Å². The summed E-state index contributed by atoms with van der Waals surface area (Å²) in [7, 11) is 1.64. The summed E-state index contributed by atoms with van der Waals surface area (Å²) < 4.78 is 5.19. The second kappa shape index (κ2) is 3.99. The molecule has 0 radical (unpaired) electrons. The summed E-state index contributed by atoms with van der Waals surface area (Å²) in [5.41, 5.74) is -0.702. The fraction of sp³-hybridized carbons (Fsp3) is 0.800. The van der Waals surface area contributed by atoms with Crippen molar-refractivity contribution in [3.05, 3.63) is 11.1 Å². The summed E-state index contributed by atoms with van der Waals surface area (Å²) in [6.45, 7) is 4.00. The van der Waals surface area contributed by atoms with Crippen molar-refractivity contribution in [3.63, 3.8) is 0 Å². The SMILES string of the molecule is CO[C@H]1C=C(Cl)C[C@@](O)(C(C)C)C1. The van der Waals surface area contributed by atoms with Gasteiger partial charge < -0.3 is 9.84 Å². The van der Waals surface area contributed by atoms with E-state index >= 15 is 0 Å². The van der Waals surface area contributed by atoms with Crippen molar-refractivity contribution >= 4 is 11.6 Å². The van der Waals surface area contributed by atoms with Gasteiger partial charge in [-0.25, -0.2) is 0 Å². The van der Waals surface area contributed by atoms with Gasteiger partial charge in [0, 0.05) is 25.0 Å². The molecule has 2 nitrogen and oxygen atoms in total. The highest BCUT2D eigenvalue weighted by molar-refractivity contribution is 6.29. The summed E-state index contributed by atoms with van der Waals surface area (Å²) >= 11 is 5.94. The molecule has 0 amide bonds. The number of ether oxygens (including phenoxy) is 1. The van der Waals surface area contributed by atoms with Gasteiger partial charge >= 0.3 is 0 Å². The van der Waals surface area contributed by atoms with E-state index in [1.54, 1.807) is 7.11 Å². The number of hydrogen-bond donors (Lipinski definition) is 1. The highest BCUT2D eigenvalue weighted by atomic mass is 35.5. The Labute approximate surface area is 84.5 Å². The molecule has 1 rings (SSSR count). The van der Waals surface area contributed by atoms with Crippen LogP contribution in [0.1, 0.15) is 26.7 Å². The Morgan fingerprint density at radius 3 is 2.77 bits per heavy atom. The van der Waals surface area contributed by atoms with Crippen molar-refractivity contribution in [2.75, 3.05) is 7.11 Å². The van der Waals surface area contributed by atoms with Crippen molar-refractivity contribution < 1.29 is 9.84 Å². The highest BCUT2D eigenvalue weighted by Gasteiger charge is 2.37. The van der Waals surface area contributed by atoms with Gasteiger partial charge in [-0.15, -0.1) is 0 Å². The van der Waals surface area contributed by atoms with Gasteiger partial charge in [-0.1, -0.05) is 25.4 Å². The van der Waals surface area contributed by atoms with Gasteiger partial charge in [-0.3, -0.25) is 0 Å². The molecule has 2 atom stereocenters. The van der Waals surface area contributed by atoms with Gasteiger partial charge in [-0.05, 0) is 12.0 Å². The summed E-state index contributed by atoms with van der Waals surface area (Å²) in [6.07, 6.45) is 3.01. The van der Waals surface area contributed by atoms with E-state index in [1.165, 1.54) is 0 Å². The summed E-state index contributed by atoms with van der Waals surface area (Å²) in [5.74, 6) is 0.201. The van der Waals surface area contributed by atoms with Crippen molar-refractivity contribution in [1.82, 2.24) is 0 Å². The molecule has 76 valence electrons. The Balaban J connectivity index is 2.78. The maximum atomic E-state index is 10.2. The Hall–Kier alpha value is -0.0500. The van der Waals surface area contributed by atoms with Crippen LogP contribution in [-0.4, -0.2) is 23.9 Å². The third-order valence-corrected chi connectivity index (χ3v) is 3.03. The van der Waals surface area contributed by atoms with Crippen LogP contribution >= 0.6 is 11.6 Å². The minimum absolute atomic E-state index is 0.0475. The Bertz CT molecular complexity index is 213. The first kappa shape index (κ1) is 11.0. The summed E-state index contributed by atoms with van der Waals surface area (Å²) in [5, 5.41) is 10.9. The van der Waals surface area contributed by atoms with Crippen molar-refractivity contribution in [2.24, 2.45) is 5.92 Å². The Morgan fingerprint density at radius 1 is 1.69 bits per heavy atom. The van der Waals surface area contributed by atoms with Crippen molar-refractivity contribution in [1.29, 1.82) is 0 Å². The smallest absolute Gasteiger partial charge is 0.0793 e. The lowest BCUT2D eigenvalue weighted by Gasteiger charge is -2.37. The quantitative estimate of drug-likeness (QED) is 0.748. The van der Waals surface area contributed by atoms with E-state index in [2.05, 4.69) is 0 Å². The topological polar surface area (TPSA) is 29.5 Å². The van der Waals surface area contributed by atoms with Crippen LogP contribution in [0.5, 0.6) is 0 Å². The van der Waals surface area contributed by atoms with Gasteiger partial charge in [0.2, 0.25) is 0 Å². The second-order valence-corrected chi connectivity index (χ2v) is 4.51. The van der Waals surface area contributed by atoms with Gasteiger partial charge in [0.05, 0.1) is 11.7 Å². The molecular weight excluding hydrogens is 188 g/mol. The van der Waals surface area contributed by atoms with E-state index in [9.17, 15) is 5.11 Å². The lowest BCUT2D eigenvalue weighted by atomic mass is 9.79. The zero-order valence-corrected chi connectivity index (χ0v) is 9.14. The first-order valence-corrected chi connectivity index (χ1v) is 4.97. The highest BCUT2D eigenvalue weighted by Crippen LogP contribution is 2.36. The van der Waals surface area contributed by atoms with Crippen LogP contribution in [0.3, 0.4) is 0 Å². The molecule has 0 heterocycles. The molecule has 1 aliphatic rings. The average Bonchev–Trinajstić information content (AvgIpc) is 2.02. The number of halogens is 1. The molecule has 0 aromatic rings. The monoisotopic (exact) mass is 204 g/mol. The molecule has 0 unspecified atom stereocenters. The average molecular weight is 205 g/mol. The zero-order valence-electron chi connectivity index (χ0n) is 8.38. The fourth-order valence-corrected chi connectivity index (χ4v) is 2.00. The van der Waals surface area contributed by atoms with E-state index in [0.717, 1.165) is 0 Å². The predicted molar refractivity (Wildman–Crippen MR) is 53.8 cm³/mol. The number of hydrogen-bond acceptors (Lipinski definition) is 2. The van der Waals surface area contributed by atoms with E-state index < -0.39 is 5.60 Å². The first-order valence-electron chi connectivity index (χ1n) is 4.59. The molecule has 0 fully saturated rings. The van der Waals surface area contributed by atoms with E-state index in [-0.39, 0.29) is 12.0 Å². The maximum Gasteiger partial charge on any atom is 0.0793 e. The van der Waals surface area contributed by atoms with Gasteiger partial charge in [0.25, 0.3) is 0 Å². The number of rotatable bonds is 2. The van der Waals surface area contributed by atoms with E-state index in [1.807, 2.05) is 19.9 Å². The molecule has 0 spiro atoms. The van der Waals surface area contributed by atoms with Gasteiger partial charge in [-0.2, -0.15) is 0 Å². The number of methoxy groups -OCH3 is 1. The molecule has 1 N–H and O–H groups in total. The molecule has 0 aromatic heterocycles. The molecule has 1 aliphatic carbocycles. The van der Waals surface area contributed by atoms with Crippen LogP contribution in [0.4, 0.5) is 0 Å². The van der Waals surface area contributed by atoms with Crippen molar-refractivity contribution in [3.8, 4) is 0 Å². The third kappa shape index (κ3) is 2.46. The minimum atomic E-state index is -0.702. The molecule has 0 aromatic carbocycles. The molecule has 3 heteroatoms. The lowest BCUT2D eigenvalue weighted by Crippen LogP contribution is -2.41.